The van der Waals surface area contributed by atoms with Crippen LogP contribution in [0.15, 0.2) is 17.1 Å². The van der Waals surface area contributed by atoms with Crippen molar-refractivity contribution in [3.63, 3.8) is 0 Å². The Bertz CT molecular complexity index is 789. The molecule has 1 heterocycles. The maximum absolute atomic E-state index is 13.2. The maximum atomic E-state index is 13.2. The molecular formula is C20H27N3O3. The smallest absolute Gasteiger partial charge is 0.274 e. The van der Waals surface area contributed by atoms with E-state index in [0.717, 1.165) is 19.3 Å². The van der Waals surface area contributed by atoms with Gasteiger partial charge in [-0.25, -0.2) is 0 Å². The topological polar surface area (TPSA) is 71.4 Å². The number of pyridine rings is 1. The summed E-state index contributed by atoms with van der Waals surface area (Å²) in [6.45, 7) is 0. The number of nitrogens with one attached hydrogen (secondary N) is 1. The van der Waals surface area contributed by atoms with E-state index in [1.54, 1.807) is 21.1 Å². The predicted octanol–water partition coefficient (Wildman–Crippen LogP) is 2.24. The van der Waals surface area contributed by atoms with Crippen LogP contribution in [0.4, 0.5) is 5.69 Å². The fraction of sp³-hybridized carbons (Fsp3) is 0.650. The highest BCUT2D eigenvalue weighted by Crippen LogP contribution is 2.60. The van der Waals surface area contributed by atoms with Crippen LogP contribution in [0.3, 0.4) is 0 Å². The maximum Gasteiger partial charge on any atom is 0.274 e. The number of nitrogens with zero attached hydrogens (tertiary/aromatic N) is 2. The fourth-order valence-corrected chi connectivity index (χ4v) is 5.82. The normalized spacial score (nSPS) is 31.7. The van der Waals surface area contributed by atoms with E-state index in [1.165, 1.54) is 41.0 Å². The lowest BCUT2D eigenvalue weighted by molar-refractivity contribution is -0.140. The molecular weight excluding hydrogens is 330 g/mol. The van der Waals surface area contributed by atoms with Crippen LogP contribution in [0.25, 0.3) is 0 Å². The van der Waals surface area contributed by atoms with E-state index in [4.69, 9.17) is 0 Å². The molecule has 4 aliphatic carbocycles. The van der Waals surface area contributed by atoms with Gasteiger partial charge in [-0.3, -0.25) is 14.4 Å². The van der Waals surface area contributed by atoms with Crippen molar-refractivity contribution in [1.82, 2.24) is 9.47 Å². The standard InChI is InChI=1S/C20H27N3O3/c1-22(2)17(24)15-7-16(18(25)23(3)11-15)21-19(26)20-8-12-4-13(9-20)6-14(5-12)10-20/h7,11-14H,4-6,8-10H2,1-3H3,(H,21,26). The Morgan fingerprint density at radius 2 is 1.65 bits per heavy atom. The van der Waals surface area contributed by atoms with Gasteiger partial charge in [0.1, 0.15) is 5.69 Å². The minimum absolute atomic E-state index is 0.0249. The van der Waals surface area contributed by atoms with E-state index in [1.807, 2.05) is 0 Å². The predicted molar refractivity (Wildman–Crippen MR) is 98.9 cm³/mol. The molecule has 4 aliphatic rings. The molecule has 1 aromatic heterocycles. The largest absolute Gasteiger partial charge is 0.345 e. The Kier molecular flexibility index (Phi) is 3.97. The molecule has 4 fully saturated rings. The number of anilines is 1. The first-order chi connectivity index (χ1) is 12.3. The van der Waals surface area contributed by atoms with E-state index in [9.17, 15) is 14.4 Å². The number of amides is 2. The summed E-state index contributed by atoms with van der Waals surface area (Å²) in [5.74, 6) is 1.78. The molecule has 140 valence electrons. The minimum Gasteiger partial charge on any atom is -0.345 e. The van der Waals surface area contributed by atoms with Crippen molar-refractivity contribution in [2.45, 2.75) is 38.5 Å². The molecule has 0 aromatic carbocycles. The molecule has 6 heteroatoms. The third kappa shape index (κ3) is 2.75. The quantitative estimate of drug-likeness (QED) is 0.902. The van der Waals surface area contributed by atoms with Gasteiger partial charge < -0.3 is 14.8 Å². The Hall–Kier alpha value is -2.11. The molecule has 2 amide bonds. The number of carbonyl (C=O) groups is 2. The van der Waals surface area contributed by atoms with Crippen molar-refractivity contribution >= 4 is 17.5 Å². The summed E-state index contributed by atoms with van der Waals surface area (Å²) in [6, 6.07) is 1.52. The molecule has 0 atom stereocenters. The molecule has 0 unspecified atom stereocenters. The first kappa shape index (κ1) is 17.3. The molecule has 4 bridgehead atoms. The number of aryl methyl sites for hydroxylation is 1. The Morgan fingerprint density at radius 3 is 2.15 bits per heavy atom. The lowest BCUT2D eigenvalue weighted by Gasteiger charge is -2.55. The van der Waals surface area contributed by atoms with E-state index in [-0.39, 0.29) is 28.5 Å². The van der Waals surface area contributed by atoms with E-state index in [2.05, 4.69) is 5.32 Å². The molecule has 0 radical (unpaired) electrons. The molecule has 6 nitrogen and oxygen atoms in total. The SMILES string of the molecule is CN(C)C(=O)c1cc(NC(=O)C23CC4CC(CC(C4)C2)C3)c(=O)n(C)c1. The number of hydrogen-bond donors (Lipinski definition) is 1. The third-order valence-corrected chi connectivity index (χ3v) is 6.60. The lowest BCUT2D eigenvalue weighted by atomic mass is 9.49. The highest BCUT2D eigenvalue weighted by molar-refractivity contribution is 5.98. The summed E-state index contributed by atoms with van der Waals surface area (Å²) >= 11 is 0. The van der Waals surface area contributed by atoms with Crippen LogP contribution < -0.4 is 10.9 Å². The zero-order chi connectivity index (χ0) is 18.6. The number of hydrogen-bond acceptors (Lipinski definition) is 3. The Morgan fingerprint density at radius 1 is 1.12 bits per heavy atom. The Balaban J connectivity index is 1.62. The van der Waals surface area contributed by atoms with Crippen molar-refractivity contribution in [1.29, 1.82) is 0 Å². The Labute approximate surface area is 153 Å². The van der Waals surface area contributed by atoms with Crippen molar-refractivity contribution < 1.29 is 9.59 Å². The summed E-state index contributed by atoms with van der Waals surface area (Å²) < 4.78 is 1.37. The molecule has 0 saturated heterocycles. The summed E-state index contributed by atoms with van der Waals surface area (Å²) in [6.07, 6.45) is 8.15. The second-order valence-electron chi connectivity index (χ2n) is 8.91. The van der Waals surface area contributed by atoms with Gasteiger partial charge in [0.15, 0.2) is 0 Å². The molecule has 1 N–H and O–H groups in total. The third-order valence-electron chi connectivity index (χ3n) is 6.60. The molecule has 1 aromatic rings. The zero-order valence-corrected chi connectivity index (χ0v) is 15.7. The molecule has 4 saturated carbocycles. The van der Waals surface area contributed by atoms with E-state index in [0.29, 0.717) is 23.3 Å². The van der Waals surface area contributed by atoms with Crippen LogP contribution in [0.2, 0.25) is 0 Å². The molecule has 0 aliphatic heterocycles. The minimum atomic E-state index is -0.318. The van der Waals surface area contributed by atoms with Gasteiger partial charge in [-0.1, -0.05) is 0 Å². The lowest BCUT2D eigenvalue weighted by Crippen LogP contribution is -2.52. The first-order valence-electron chi connectivity index (χ1n) is 9.51. The second kappa shape index (κ2) is 5.96. The van der Waals surface area contributed by atoms with Gasteiger partial charge in [0, 0.05) is 27.3 Å². The van der Waals surface area contributed by atoms with Crippen LogP contribution in [0.5, 0.6) is 0 Å². The van der Waals surface area contributed by atoms with Gasteiger partial charge in [-0.05, 0) is 62.3 Å². The van der Waals surface area contributed by atoms with Gasteiger partial charge >= 0.3 is 0 Å². The van der Waals surface area contributed by atoms with Crippen molar-refractivity contribution in [2.24, 2.45) is 30.2 Å². The highest BCUT2D eigenvalue weighted by Gasteiger charge is 2.54. The van der Waals surface area contributed by atoms with Crippen molar-refractivity contribution in [3.8, 4) is 0 Å². The van der Waals surface area contributed by atoms with Gasteiger partial charge in [0.2, 0.25) is 5.91 Å². The van der Waals surface area contributed by atoms with Crippen LogP contribution in [-0.2, 0) is 11.8 Å². The van der Waals surface area contributed by atoms with E-state index < -0.39 is 0 Å². The average Bonchev–Trinajstić information content (AvgIpc) is 2.56. The molecule has 5 rings (SSSR count). The van der Waals surface area contributed by atoms with Crippen molar-refractivity contribution in [2.75, 3.05) is 19.4 Å². The van der Waals surface area contributed by atoms with Gasteiger partial charge in [0.25, 0.3) is 11.5 Å². The zero-order valence-electron chi connectivity index (χ0n) is 15.7. The fourth-order valence-electron chi connectivity index (χ4n) is 5.82. The highest BCUT2D eigenvalue weighted by atomic mass is 16.2. The van der Waals surface area contributed by atoms with Gasteiger partial charge in [-0.2, -0.15) is 0 Å². The number of carbonyl (C=O) groups excluding carboxylic acids is 2. The summed E-state index contributed by atoms with van der Waals surface area (Å²) in [5, 5.41) is 2.90. The van der Waals surface area contributed by atoms with Crippen LogP contribution in [0.1, 0.15) is 48.9 Å². The average molecular weight is 357 g/mol. The number of rotatable bonds is 3. The first-order valence-corrected chi connectivity index (χ1v) is 9.51. The summed E-state index contributed by atoms with van der Waals surface area (Å²) in [7, 11) is 4.94. The van der Waals surface area contributed by atoms with Crippen LogP contribution >= 0.6 is 0 Å². The summed E-state index contributed by atoms with van der Waals surface area (Å²) in [5.41, 5.74) is 0.0126. The van der Waals surface area contributed by atoms with E-state index >= 15 is 0 Å². The van der Waals surface area contributed by atoms with Crippen LogP contribution in [0, 0.1) is 23.2 Å². The van der Waals surface area contributed by atoms with Crippen LogP contribution in [-0.4, -0.2) is 35.4 Å². The summed E-state index contributed by atoms with van der Waals surface area (Å²) in [4.78, 5) is 39.4. The molecule has 26 heavy (non-hydrogen) atoms. The monoisotopic (exact) mass is 357 g/mol. The molecule has 0 spiro atoms. The number of aromatic nitrogens is 1. The van der Waals surface area contributed by atoms with Crippen molar-refractivity contribution in [3.05, 3.63) is 28.2 Å². The van der Waals surface area contributed by atoms with Gasteiger partial charge in [-0.15, -0.1) is 0 Å². The second-order valence-corrected chi connectivity index (χ2v) is 8.91. The van der Waals surface area contributed by atoms with Gasteiger partial charge in [0.05, 0.1) is 11.0 Å².